The van der Waals surface area contributed by atoms with E-state index in [-0.39, 0.29) is 5.60 Å². The van der Waals surface area contributed by atoms with Crippen LogP contribution in [0.3, 0.4) is 0 Å². The Labute approximate surface area is 91.8 Å². The fraction of sp³-hybridized carbons (Fsp3) is 0.429. The maximum atomic E-state index is 6.08. The van der Waals surface area contributed by atoms with E-state index >= 15 is 0 Å². The van der Waals surface area contributed by atoms with E-state index in [0.29, 0.717) is 0 Å². The molecular weight excluding hydrogens is 184 g/mol. The van der Waals surface area contributed by atoms with Crippen molar-refractivity contribution in [2.75, 3.05) is 0 Å². The molecule has 0 spiro atoms. The molecule has 0 saturated carbocycles. The van der Waals surface area contributed by atoms with E-state index in [1.54, 1.807) is 0 Å². The molecule has 0 bridgehead atoms. The molecule has 0 N–H and O–H groups in total. The summed E-state index contributed by atoms with van der Waals surface area (Å²) in [6.07, 6.45) is 2.14. The molecule has 1 nitrogen and oxygen atoms in total. The Morgan fingerprint density at radius 3 is 2.40 bits per heavy atom. The minimum absolute atomic E-state index is 0.117. The van der Waals surface area contributed by atoms with Gasteiger partial charge in [-0.05, 0) is 38.3 Å². The van der Waals surface area contributed by atoms with Gasteiger partial charge in [-0.25, -0.2) is 0 Å². The average molecular weight is 202 g/mol. The molecule has 1 atom stereocenters. The molecular formula is C14H18O. The van der Waals surface area contributed by atoms with Crippen LogP contribution in [0.5, 0.6) is 0 Å². The van der Waals surface area contributed by atoms with Gasteiger partial charge in [0, 0.05) is 6.42 Å². The van der Waals surface area contributed by atoms with Crippen LogP contribution in [0.4, 0.5) is 0 Å². The number of ether oxygens (including phenoxy) is 1. The summed E-state index contributed by atoms with van der Waals surface area (Å²) >= 11 is 0. The zero-order chi connectivity index (χ0) is 10.9. The zero-order valence-electron chi connectivity index (χ0n) is 9.71. The van der Waals surface area contributed by atoms with Gasteiger partial charge in [-0.2, -0.15) is 0 Å². The van der Waals surface area contributed by atoms with Crippen LogP contribution in [0, 0.1) is 0 Å². The molecule has 80 valence electrons. The summed E-state index contributed by atoms with van der Waals surface area (Å²) in [5, 5.41) is 0. The minimum atomic E-state index is -0.117. The van der Waals surface area contributed by atoms with Gasteiger partial charge in [-0.1, -0.05) is 30.3 Å². The van der Waals surface area contributed by atoms with Crippen LogP contribution >= 0.6 is 0 Å². The molecule has 0 aromatic heterocycles. The topological polar surface area (TPSA) is 9.23 Å². The van der Waals surface area contributed by atoms with Crippen molar-refractivity contribution < 1.29 is 4.74 Å². The van der Waals surface area contributed by atoms with Gasteiger partial charge in [-0.15, -0.1) is 0 Å². The first-order chi connectivity index (χ1) is 7.12. The van der Waals surface area contributed by atoms with Gasteiger partial charge in [0.25, 0.3) is 0 Å². The summed E-state index contributed by atoms with van der Waals surface area (Å²) < 4.78 is 6.08. The summed E-state index contributed by atoms with van der Waals surface area (Å²) in [7, 11) is 0. The molecule has 1 aliphatic rings. The third-order valence-electron chi connectivity index (χ3n) is 3.12. The van der Waals surface area contributed by atoms with Crippen molar-refractivity contribution in [2.45, 2.75) is 39.2 Å². The van der Waals surface area contributed by atoms with Crippen LogP contribution in [0.1, 0.15) is 39.2 Å². The molecule has 1 aromatic rings. The van der Waals surface area contributed by atoms with Crippen molar-refractivity contribution in [3.8, 4) is 0 Å². The second-order valence-electron chi connectivity index (χ2n) is 4.62. The van der Waals surface area contributed by atoms with Crippen LogP contribution in [-0.4, -0.2) is 0 Å². The van der Waals surface area contributed by atoms with Crippen LogP contribution in [0.25, 0.3) is 0 Å². The van der Waals surface area contributed by atoms with E-state index in [0.717, 1.165) is 12.8 Å². The normalized spacial score (nSPS) is 25.1. The molecule has 0 amide bonds. The van der Waals surface area contributed by atoms with Crippen LogP contribution in [0.15, 0.2) is 41.7 Å². The molecule has 2 rings (SSSR count). The van der Waals surface area contributed by atoms with Crippen LogP contribution < -0.4 is 0 Å². The number of rotatable bonds is 1. The average Bonchev–Trinajstić information content (AvgIpc) is 2.64. The lowest BCUT2D eigenvalue weighted by Gasteiger charge is -2.24. The highest BCUT2D eigenvalue weighted by Crippen LogP contribution is 2.41. The fourth-order valence-electron chi connectivity index (χ4n) is 2.07. The molecule has 0 radical (unpaired) electrons. The predicted molar refractivity (Wildman–Crippen MR) is 62.5 cm³/mol. The highest BCUT2D eigenvalue weighted by Gasteiger charge is 2.35. The summed E-state index contributed by atoms with van der Waals surface area (Å²) in [4.78, 5) is 0. The Morgan fingerprint density at radius 2 is 1.87 bits per heavy atom. The van der Waals surface area contributed by atoms with Gasteiger partial charge in [0.05, 0.1) is 5.76 Å². The van der Waals surface area contributed by atoms with E-state index < -0.39 is 0 Å². The first kappa shape index (κ1) is 10.3. The first-order valence-electron chi connectivity index (χ1n) is 5.53. The molecule has 1 heteroatoms. The third kappa shape index (κ3) is 1.92. The largest absolute Gasteiger partial charge is 0.487 e. The van der Waals surface area contributed by atoms with E-state index in [9.17, 15) is 0 Å². The smallest absolute Gasteiger partial charge is 0.131 e. The van der Waals surface area contributed by atoms with Crippen LogP contribution in [0.2, 0.25) is 0 Å². The zero-order valence-corrected chi connectivity index (χ0v) is 9.71. The number of hydrogen-bond donors (Lipinski definition) is 0. The van der Waals surface area contributed by atoms with Gasteiger partial charge < -0.3 is 4.74 Å². The Morgan fingerprint density at radius 1 is 1.20 bits per heavy atom. The molecule has 1 saturated heterocycles. The summed E-state index contributed by atoms with van der Waals surface area (Å²) in [6, 6.07) is 10.5. The summed E-state index contributed by atoms with van der Waals surface area (Å²) in [6.45, 7) is 6.41. The fourth-order valence-corrected chi connectivity index (χ4v) is 2.07. The van der Waals surface area contributed by atoms with E-state index in [1.165, 1.54) is 16.9 Å². The second-order valence-corrected chi connectivity index (χ2v) is 4.62. The molecule has 1 heterocycles. The highest BCUT2D eigenvalue weighted by atomic mass is 16.5. The van der Waals surface area contributed by atoms with Crippen molar-refractivity contribution in [3.05, 3.63) is 47.2 Å². The predicted octanol–water partition coefficient (Wildman–Crippen LogP) is 4.01. The Kier molecular flexibility index (Phi) is 2.56. The molecule has 1 fully saturated rings. The first-order valence-corrected chi connectivity index (χ1v) is 5.53. The van der Waals surface area contributed by atoms with Crippen LogP contribution in [-0.2, 0) is 10.3 Å². The number of benzene rings is 1. The van der Waals surface area contributed by atoms with Crippen molar-refractivity contribution in [1.82, 2.24) is 0 Å². The van der Waals surface area contributed by atoms with Gasteiger partial charge in [0.2, 0.25) is 0 Å². The lowest BCUT2D eigenvalue weighted by Crippen LogP contribution is -2.19. The molecule has 1 aromatic carbocycles. The molecule has 15 heavy (non-hydrogen) atoms. The SMILES string of the molecule is CC(C)=C1CCC(C)(c2ccccc2)O1. The molecule has 0 aliphatic carbocycles. The Hall–Kier alpha value is -1.24. The van der Waals surface area contributed by atoms with Crippen molar-refractivity contribution in [2.24, 2.45) is 0 Å². The van der Waals surface area contributed by atoms with Crippen molar-refractivity contribution >= 4 is 0 Å². The monoisotopic (exact) mass is 202 g/mol. The molecule has 1 aliphatic heterocycles. The van der Waals surface area contributed by atoms with Crippen molar-refractivity contribution in [3.63, 3.8) is 0 Å². The van der Waals surface area contributed by atoms with Gasteiger partial charge in [-0.3, -0.25) is 0 Å². The molecule has 1 unspecified atom stereocenters. The maximum absolute atomic E-state index is 6.08. The quantitative estimate of drug-likeness (QED) is 0.668. The van der Waals surface area contributed by atoms with Crippen molar-refractivity contribution in [1.29, 1.82) is 0 Å². The van der Waals surface area contributed by atoms with E-state index in [2.05, 4.69) is 45.0 Å². The maximum Gasteiger partial charge on any atom is 0.131 e. The highest BCUT2D eigenvalue weighted by molar-refractivity contribution is 5.25. The van der Waals surface area contributed by atoms with Gasteiger partial charge in [0.15, 0.2) is 0 Å². The number of hydrogen-bond acceptors (Lipinski definition) is 1. The second kappa shape index (κ2) is 3.73. The Balaban J connectivity index is 2.28. The summed E-state index contributed by atoms with van der Waals surface area (Å²) in [5.41, 5.74) is 2.46. The lowest BCUT2D eigenvalue weighted by atomic mass is 9.93. The van der Waals surface area contributed by atoms with E-state index in [1.807, 2.05) is 6.07 Å². The van der Waals surface area contributed by atoms with Gasteiger partial charge in [0.1, 0.15) is 5.60 Å². The summed E-state index contributed by atoms with van der Waals surface area (Å²) in [5.74, 6) is 1.17. The third-order valence-corrected chi connectivity index (χ3v) is 3.12. The minimum Gasteiger partial charge on any atom is -0.487 e. The lowest BCUT2D eigenvalue weighted by molar-refractivity contribution is 0.0537. The van der Waals surface area contributed by atoms with E-state index in [4.69, 9.17) is 4.74 Å². The number of allylic oxidation sites excluding steroid dienone is 2. The Bertz CT molecular complexity index is 374. The van der Waals surface area contributed by atoms with Gasteiger partial charge >= 0.3 is 0 Å². The standard InChI is InChI=1S/C14H18O/c1-11(2)13-9-10-14(3,15-13)12-7-5-4-6-8-12/h4-8H,9-10H2,1-3H3.